The molecule has 7 heteroatoms. The van der Waals surface area contributed by atoms with E-state index in [2.05, 4.69) is 10.1 Å². The number of halogens is 2. The lowest BCUT2D eigenvalue weighted by atomic mass is 10.2. The summed E-state index contributed by atoms with van der Waals surface area (Å²) in [5.74, 6) is -3.00. The summed E-state index contributed by atoms with van der Waals surface area (Å²) in [6.07, 6.45) is 0. The molecule has 18 heavy (non-hydrogen) atoms. The molecule has 0 saturated heterocycles. The van der Waals surface area contributed by atoms with Crippen molar-refractivity contribution in [2.75, 3.05) is 13.7 Å². The molecule has 1 aromatic rings. The van der Waals surface area contributed by atoms with Crippen LogP contribution >= 0.6 is 11.6 Å². The van der Waals surface area contributed by atoms with Gasteiger partial charge in [0.2, 0.25) is 0 Å². The quantitative estimate of drug-likeness (QED) is 0.849. The summed E-state index contributed by atoms with van der Waals surface area (Å²) in [6.45, 7) is -0.229. The molecule has 0 aromatic heterocycles. The van der Waals surface area contributed by atoms with Gasteiger partial charge in [0, 0.05) is 7.11 Å². The molecule has 0 aliphatic heterocycles. The van der Waals surface area contributed by atoms with Crippen LogP contribution in [0.5, 0.6) is 0 Å². The number of aliphatic carboxylic acids is 1. The molecule has 0 fully saturated rings. The Kier molecular flexibility index (Phi) is 5.06. The van der Waals surface area contributed by atoms with Crippen LogP contribution in [-0.2, 0) is 9.53 Å². The third-order valence-electron chi connectivity index (χ3n) is 2.13. The normalized spacial score (nSPS) is 11.9. The van der Waals surface area contributed by atoms with Crippen molar-refractivity contribution in [2.24, 2.45) is 0 Å². The number of nitrogens with one attached hydrogen (secondary N) is 1. The van der Waals surface area contributed by atoms with Crippen molar-refractivity contribution in [3.05, 3.63) is 34.6 Å². The average Bonchev–Trinajstić information content (AvgIpc) is 2.28. The highest BCUT2D eigenvalue weighted by atomic mass is 35.5. The predicted molar refractivity (Wildman–Crippen MR) is 62.2 cm³/mol. The molecule has 1 unspecified atom stereocenters. The summed E-state index contributed by atoms with van der Waals surface area (Å²) in [5.41, 5.74) is -0.387. The van der Waals surface area contributed by atoms with E-state index in [1.165, 1.54) is 19.2 Å². The third-order valence-corrected chi connectivity index (χ3v) is 2.44. The minimum atomic E-state index is -1.28. The highest BCUT2D eigenvalue weighted by molar-refractivity contribution is 6.33. The standard InChI is InChI=1S/C11H11ClFNO4/c1-18-5-8(11(16)17)14-10(15)9-6(12)3-2-4-7(9)13/h2-4,8H,5H2,1H3,(H,14,15)(H,16,17). The van der Waals surface area contributed by atoms with Crippen LogP contribution in [0.2, 0.25) is 5.02 Å². The maximum atomic E-state index is 13.4. The maximum absolute atomic E-state index is 13.4. The third kappa shape index (κ3) is 3.41. The zero-order chi connectivity index (χ0) is 13.7. The molecule has 0 bridgehead atoms. The van der Waals surface area contributed by atoms with Gasteiger partial charge in [-0.05, 0) is 12.1 Å². The molecule has 0 radical (unpaired) electrons. The molecular formula is C11H11ClFNO4. The van der Waals surface area contributed by atoms with Crippen LogP contribution in [0, 0.1) is 5.82 Å². The van der Waals surface area contributed by atoms with E-state index in [0.29, 0.717) is 0 Å². The summed E-state index contributed by atoms with van der Waals surface area (Å²) < 4.78 is 18.1. The maximum Gasteiger partial charge on any atom is 0.328 e. The molecule has 0 saturated carbocycles. The van der Waals surface area contributed by atoms with Crippen molar-refractivity contribution in [2.45, 2.75) is 6.04 Å². The van der Waals surface area contributed by atoms with Gasteiger partial charge in [-0.2, -0.15) is 0 Å². The summed E-state index contributed by atoms with van der Waals surface area (Å²) in [6, 6.07) is 2.48. The Morgan fingerprint density at radius 3 is 2.72 bits per heavy atom. The molecule has 98 valence electrons. The van der Waals surface area contributed by atoms with Crippen LogP contribution in [0.15, 0.2) is 18.2 Å². The van der Waals surface area contributed by atoms with Crippen molar-refractivity contribution < 1.29 is 23.8 Å². The van der Waals surface area contributed by atoms with Gasteiger partial charge in [-0.25, -0.2) is 9.18 Å². The Morgan fingerprint density at radius 1 is 1.56 bits per heavy atom. The lowest BCUT2D eigenvalue weighted by Crippen LogP contribution is -2.44. The van der Waals surface area contributed by atoms with Gasteiger partial charge in [0.05, 0.1) is 17.2 Å². The van der Waals surface area contributed by atoms with Crippen molar-refractivity contribution in [3.63, 3.8) is 0 Å². The van der Waals surface area contributed by atoms with Gasteiger partial charge in [-0.3, -0.25) is 4.79 Å². The van der Waals surface area contributed by atoms with Gasteiger partial charge < -0.3 is 15.2 Å². The molecule has 1 rings (SSSR count). The lowest BCUT2D eigenvalue weighted by Gasteiger charge is -2.14. The lowest BCUT2D eigenvalue weighted by molar-refractivity contribution is -0.140. The summed E-state index contributed by atoms with van der Waals surface area (Å²) in [7, 11) is 1.29. The van der Waals surface area contributed by atoms with Crippen molar-refractivity contribution in [1.82, 2.24) is 5.32 Å². The van der Waals surface area contributed by atoms with E-state index in [9.17, 15) is 14.0 Å². The molecular weight excluding hydrogens is 265 g/mol. The molecule has 1 aromatic carbocycles. The van der Waals surface area contributed by atoms with Gasteiger partial charge >= 0.3 is 5.97 Å². The summed E-state index contributed by atoms with van der Waals surface area (Å²) in [5, 5.41) is 10.9. The van der Waals surface area contributed by atoms with Crippen LogP contribution < -0.4 is 5.32 Å². The average molecular weight is 276 g/mol. The number of methoxy groups -OCH3 is 1. The molecule has 1 atom stereocenters. The first-order chi connectivity index (χ1) is 8.47. The van der Waals surface area contributed by atoms with Gasteiger partial charge in [-0.15, -0.1) is 0 Å². The molecule has 1 amide bonds. The Balaban J connectivity index is 2.90. The molecule has 0 heterocycles. The van der Waals surface area contributed by atoms with Crippen LogP contribution in [0.4, 0.5) is 4.39 Å². The van der Waals surface area contributed by atoms with E-state index in [1.54, 1.807) is 0 Å². The van der Waals surface area contributed by atoms with Crippen molar-refractivity contribution in [1.29, 1.82) is 0 Å². The number of amides is 1. The highest BCUT2D eigenvalue weighted by Crippen LogP contribution is 2.18. The predicted octanol–water partition coefficient (Wildman–Crippen LogP) is 1.31. The first kappa shape index (κ1) is 14.4. The number of hydrogen-bond acceptors (Lipinski definition) is 3. The first-order valence-corrected chi connectivity index (χ1v) is 5.31. The van der Waals surface area contributed by atoms with E-state index < -0.39 is 23.7 Å². The van der Waals surface area contributed by atoms with Gasteiger partial charge in [0.15, 0.2) is 6.04 Å². The van der Waals surface area contributed by atoms with E-state index in [0.717, 1.165) is 6.07 Å². The van der Waals surface area contributed by atoms with Crippen LogP contribution in [-0.4, -0.2) is 36.7 Å². The fraction of sp³-hybridized carbons (Fsp3) is 0.273. The van der Waals surface area contributed by atoms with Crippen LogP contribution in [0.1, 0.15) is 10.4 Å². The molecule has 0 spiro atoms. The smallest absolute Gasteiger partial charge is 0.328 e. The second-order valence-corrected chi connectivity index (χ2v) is 3.82. The number of benzene rings is 1. The Hall–Kier alpha value is -1.66. The highest BCUT2D eigenvalue weighted by Gasteiger charge is 2.23. The van der Waals surface area contributed by atoms with E-state index in [4.69, 9.17) is 16.7 Å². The number of carbonyl (C=O) groups is 2. The van der Waals surface area contributed by atoms with Crippen LogP contribution in [0.3, 0.4) is 0 Å². The molecule has 0 aliphatic rings. The summed E-state index contributed by atoms with van der Waals surface area (Å²) in [4.78, 5) is 22.5. The first-order valence-electron chi connectivity index (χ1n) is 4.94. The second-order valence-electron chi connectivity index (χ2n) is 3.42. The van der Waals surface area contributed by atoms with E-state index >= 15 is 0 Å². The minimum Gasteiger partial charge on any atom is -0.480 e. The second kappa shape index (κ2) is 6.32. The Bertz CT molecular complexity index is 446. The fourth-order valence-electron chi connectivity index (χ4n) is 1.29. The Morgan fingerprint density at radius 2 is 2.22 bits per heavy atom. The zero-order valence-corrected chi connectivity index (χ0v) is 10.2. The molecule has 0 aliphatic carbocycles. The summed E-state index contributed by atoms with van der Waals surface area (Å²) >= 11 is 5.68. The topological polar surface area (TPSA) is 75.6 Å². The van der Waals surface area contributed by atoms with E-state index in [1.807, 2.05) is 0 Å². The largest absolute Gasteiger partial charge is 0.480 e. The number of ether oxygens (including phenoxy) is 1. The number of rotatable bonds is 5. The van der Waals surface area contributed by atoms with Gasteiger partial charge in [-0.1, -0.05) is 17.7 Å². The minimum absolute atomic E-state index is 0.0888. The van der Waals surface area contributed by atoms with Crippen LogP contribution in [0.25, 0.3) is 0 Å². The van der Waals surface area contributed by atoms with Gasteiger partial charge in [0.1, 0.15) is 5.82 Å². The number of hydrogen-bond donors (Lipinski definition) is 2. The number of carbonyl (C=O) groups excluding carboxylic acids is 1. The van der Waals surface area contributed by atoms with Gasteiger partial charge in [0.25, 0.3) is 5.91 Å². The Labute approximate surface area is 108 Å². The number of carboxylic acids is 1. The molecule has 2 N–H and O–H groups in total. The SMILES string of the molecule is COCC(NC(=O)c1c(F)cccc1Cl)C(=O)O. The zero-order valence-electron chi connectivity index (χ0n) is 9.44. The van der Waals surface area contributed by atoms with Crippen molar-refractivity contribution in [3.8, 4) is 0 Å². The monoisotopic (exact) mass is 275 g/mol. The van der Waals surface area contributed by atoms with Crippen molar-refractivity contribution >= 4 is 23.5 Å². The van der Waals surface area contributed by atoms with E-state index in [-0.39, 0.29) is 17.2 Å². The number of carboxylic acid groups (broad SMARTS) is 1. The molecule has 5 nitrogen and oxygen atoms in total. The fourth-order valence-corrected chi connectivity index (χ4v) is 1.54.